The van der Waals surface area contributed by atoms with Crippen LogP contribution in [0.2, 0.25) is 0 Å². The molecule has 12 heteroatoms. The number of pyridine rings is 1. The minimum Gasteiger partial charge on any atom is -0.497 e. The summed E-state index contributed by atoms with van der Waals surface area (Å²) in [5.74, 6) is 1.07. The van der Waals surface area contributed by atoms with E-state index in [2.05, 4.69) is 28.5 Å². The molecule has 2 aliphatic heterocycles. The van der Waals surface area contributed by atoms with E-state index in [0.717, 1.165) is 80.1 Å². The van der Waals surface area contributed by atoms with Crippen LogP contribution in [0, 0.1) is 11.8 Å². The number of piperidine rings is 1. The largest absolute Gasteiger partial charge is 0.497 e. The normalized spacial score (nSPS) is 22.7. The van der Waals surface area contributed by atoms with E-state index in [4.69, 9.17) is 4.74 Å². The summed E-state index contributed by atoms with van der Waals surface area (Å²) < 4.78 is 8.08. The number of amides is 4. The zero-order chi connectivity index (χ0) is 40.4. The maximum atomic E-state index is 13.1. The van der Waals surface area contributed by atoms with E-state index in [1.54, 1.807) is 36.3 Å². The number of nitrogens with zero attached hydrogens (tertiary/aromatic N) is 2. The molecule has 3 atom stereocenters. The number of hydrogen-bond donors (Lipinski definition) is 3. The Labute approximate surface area is 340 Å². The second-order valence-corrected chi connectivity index (χ2v) is 17.3. The third-order valence-corrected chi connectivity index (χ3v) is 12.9. The van der Waals surface area contributed by atoms with Crippen LogP contribution in [-0.4, -0.2) is 82.0 Å². The first-order chi connectivity index (χ1) is 27.6. The van der Waals surface area contributed by atoms with E-state index < -0.39 is 11.6 Å². The van der Waals surface area contributed by atoms with E-state index in [1.807, 2.05) is 41.3 Å². The Balaban J connectivity index is 0.000000183. The molecule has 1 unspecified atom stereocenters. The van der Waals surface area contributed by atoms with Crippen molar-refractivity contribution >= 4 is 46.5 Å². The van der Waals surface area contributed by atoms with Gasteiger partial charge in [0.1, 0.15) is 17.3 Å². The summed E-state index contributed by atoms with van der Waals surface area (Å²) in [6.07, 6.45) is 15.2. The van der Waals surface area contributed by atoms with E-state index in [-0.39, 0.29) is 47.8 Å². The molecule has 5 fully saturated rings. The molecule has 0 radical (unpaired) electrons. The Morgan fingerprint density at radius 1 is 0.895 bits per heavy atom. The second-order valence-electron chi connectivity index (χ2n) is 16.2. The molecule has 2 aromatic carbocycles. The number of ether oxygens (including phenoxy) is 1. The molecule has 306 valence electrons. The molecule has 57 heavy (non-hydrogen) atoms. The summed E-state index contributed by atoms with van der Waals surface area (Å²) in [6, 6.07) is 16.2. The van der Waals surface area contributed by atoms with Crippen LogP contribution >= 0.6 is 11.9 Å². The van der Waals surface area contributed by atoms with Gasteiger partial charge in [-0.05, 0) is 86.9 Å². The fourth-order valence-electron chi connectivity index (χ4n) is 8.01. The molecular formula is C45H59N5O6S. The number of likely N-dealkylation sites (tertiary alicyclic amines) is 2. The van der Waals surface area contributed by atoms with Crippen LogP contribution in [0.4, 0.5) is 0 Å². The van der Waals surface area contributed by atoms with Crippen molar-refractivity contribution in [3.05, 3.63) is 77.5 Å². The number of aromatic amines is 1. The molecule has 2 saturated heterocycles. The maximum absolute atomic E-state index is 13.1. The highest BCUT2D eigenvalue weighted by Gasteiger charge is 2.60. The van der Waals surface area contributed by atoms with Crippen molar-refractivity contribution in [2.75, 3.05) is 26.7 Å². The number of methoxy groups -OCH3 is 1. The van der Waals surface area contributed by atoms with Crippen molar-refractivity contribution in [2.45, 2.75) is 114 Å². The number of rotatable bonds is 11. The predicted octanol–water partition coefficient (Wildman–Crippen LogP) is 7.16. The minimum atomic E-state index is -0.956. The van der Waals surface area contributed by atoms with Gasteiger partial charge in [-0.1, -0.05) is 69.0 Å². The van der Waals surface area contributed by atoms with Crippen molar-refractivity contribution in [2.24, 2.45) is 11.8 Å². The van der Waals surface area contributed by atoms with Gasteiger partial charge in [-0.25, -0.2) is 0 Å². The molecule has 3 N–H and O–H groups in total. The topological polar surface area (TPSA) is 141 Å². The van der Waals surface area contributed by atoms with Crippen molar-refractivity contribution in [1.82, 2.24) is 24.8 Å². The lowest BCUT2D eigenvalue weighted by Gasteiger charge is -2.28. The summed E-state index contributed by atoms with van der Waals surface area (Å²) in [5, 5.41) is 4.09. The molecule has 0 bridgehead atoms. The van der Waals surface area contributed by atoms with Gasteiger partial charge in [0, 0.05) is 66.9 Å². The summed E-state index contributed by atoms with van der Waals surface area (Å²) >= 11 is 1.43. The van der Waals surface area contributed by atoms with Crippen LogP contribution in [0.3, 0.4) is 0 Å². The number of H-pyrrole nitrogens is 1. The lowest BCUT2D eigenvalue weighted by molar-refractivity contribution is -0.141. The number of aromatic nitrogens is 1. The smallest absolute Gasteiger partial charge is 0.256 e. The predicted molar refractivity (Wildman–Crippen MR) is 227 cm³/mol. The van der Waals surface area contributed by atoms with Gasteiger partial charge in [0.05, 0.1) is 12.6 Å². The van der Waals surface area contributed by atoms with E-state index in [1.165, 1.54) is 37.6 Å². The van der Waals surface area contributed by atoms with Crippen molar-refractivity contribution in [3.8, 4) is 17.0 Å². The van der Waals surface area contributed by atoms with E-state index in [0.29, 0.717) is 30.0 Å². The summed E-state index contributed by atoms with van der Waals surface area (Å²) in [6.45, 7) is 8.19. The molecule has 1 aromatic heterocycles. The van der Waals surface area contributed by atoms with Gasteiger partial charge in [0.25, 0.3) is 5.91 Å². The van der Waals surface area contributed by atoms with Crippen LogP contribution in [0.25, 0.3) is 22.2 Å². The Kier molecular flexibility index (Phi) is 14.5. The Bertz CT molecular complexity index is 1940. The van der Waals surface area contributed by atoms with Gasteiger partial charge >= 0.3 is 0 Å². The lowest BCUT2D eigenvalue weighted by atomic mass is 10.1. The molecule has 0 spiro atoms. The first-order valence-electron chi connectivity index (χ1n) is 20.9. The van der Waals surface area contributed by atoms with Gasteiger partial charge < -0.3 is 24.8 Å². The third kappa shape index (κ3) is 11.1. The standard InChI is InChI=1S/C23H34N4O4S.C16H13NO2.C6H12/c1-2-16-15-23(16,22(31)25-32-17-8-9-17)24-21(30)18-7-6-14-27(18)20(29)11-10-19(28)26-12-4-3-5-13-26;1-19-12-7-8-13-15(9-12)17-14(10-16(13)18)11-5-3-2-4-6-11;1-6-4-2-3-5-6/h2,16-18H,1,3-15H2,(H,24,30)(H,25,31);2-10H,1H3,(H,17,18);6H,2-5H2,1H3/t16?,18-,23+;;/m0../s1. The van der Waals surface area contributed by atoms with Crippen LogP contribution < -0.4 is 20.2 Å². The Morgan fingerprint density at radius 3 is 2.25 bits per heavy atom. The van der Waals surface area contributed by atoms with Gasteiger partial charge in [-0.3, -0.25) is 28.7 Å². The molecule has 3 saturated carbocycles. The number of carbonyl (C=O) groups excluding carboxylic acids is 4. The molecule has 5 aliphatic rings. The lowest BCUT2D eigenvalue weighted by Crippen LogP contribution is -2.55. The minimum absolute atomic E-state index is 0.00950. The van der Waals surface area contributed by atoms with Gasteiger partial charge in [-0.2, -0.15) is 0 Å². The molecule has 3 aromatic rings. The SMILES string of the molecule is C=CC1C[C@]1(NC(=O)[C@@H]1CCCN1C(=O)CCC(=O)N1CCCCC1)C(=O)NSC1CC1.CC1CCCC1.COc1ccc2c(=O)cc(-c3ccccc3)[nH]c2c1. The monoisotopic (exact) mass is 797 g/mol. The summed E-state index contributed by atoms with van der Waals surface area (Å²) in [7, 11) is 1.61. The first kappa shape index (κ1) is 42.0. The molecule has 8 rings (SSSR count). The number of carbonyl (C=O) groups is 4. The second kappa shape index (κ2) is 19.7. The van der Waals surface area contributed by atoms with Crippen LogP contribution in [0.1, 0.15) is 96.8 Å². The fourth-order valence-corrected chi connectivity index (χ4v) is 8.84. The molecular weight excluding hydrogens is 739 g/mol. The van der Waals surface area contributed by atoms with Gasteiger partial charge in [0.15, 0.2) is 5.43 Å². The highest BCUT2D eigenvalue weighted by molar-refractivity contribution is 7.98. The van der Waals surface area contributed by atoms with Gasteiger partial charge in [0.2, 0.25) is 17.7 Å². The average molecular weight is 798 g/mol. The molecule has 11 nitrogen and oxygen atoms in total. The summed E-state index contributed by atoms with van der Waals surface area (Å²) in [4.78, 5) is 70.0. The zero-order valence-corrected chi connectivity index (χ0v) is 34.4. The average Bonchev–Trinajstić information content (AvgIpc) is 4.08. The van der Waals surface area contributed by atoms with E-state index >= 15 is 0 Å². The van der Waals surface area contributed by atoms with Gasteiger partial charge in [-0.15, -0.1) is 6.58 Å². The third-order valence-electron chi connectivity index (χ3n) is 11.8. The Morgan fingerprint density at radius 2 is 1.61 bits per heavy atom. The fraction of sp³-hybridized carbons (Fsp3) is 0.533. The maximum Gasteiger partial charge on any atom is 0.256 e. The van der Waals surface area contributed by atoms with Crippen LogP contribution in [-0.2, 0) is 19.2 Å². The summed E-state index contributed by atoms with van der Waals surface area (Å²) in [5.41, 5.74) is 1.64. The highest BCUT2D eigenvalue weighted by Crippen LogP contribution is 2.46. The number of fused-ring (bicyclic) bond motifs is 1. The number of benzene rings is 2. The number of nitrogens with one attached hydrogen (secondary N) is 3. The molecule has 4 amide bonds. The van der Waals surface area contributed by atoms with E-state index in [9.17, 15) is 24.0 Å². The van der Waals surface area contributed by atoms with Crippen molar-refractivity contribution in [3.63, 3.8) is 0 Å². The quantitative estimate of drug-likeness (QED) is 0.138. The molecule has 3 heterocycles. The first-order valence-corrected chi connectivity index (χ1v) is 21.7. The van der Waals surface area contributed by atoms with Crippen LogP contribution in [0.15, 0.2) is 72.0 Å². The van der Waals surface area contributed by atoms with Crippen molar-refractivity contribution < 1.29 is 23.9 Å². The van der Waals surface area contributed by atoms with Crippen molar-refractivity contribution in [1.29, 1.82) is 0 Å². The number of hydrogen-bond acceptors (Lipinski definition) is 7. The Hall–Kier alpha value is -4.58. The molecule has 3 aliphatic carbocycles. The zero-order valence-electron chi connectivity index (χ0n) is 33.6. The highest BCUT2D eigenvalue weighted by atomic mass is 32.2. The van der Waals surface area contributed by atoms with Crippen LogP contribution in [0.5, 0.6) is 5.75 Å².